The van der Waals surface area contributed by atoms with Gasteiger partial charge >= 0.3 is 0 Å². The van der Waals surface area contributed by atoms with E-state index in [4.69, 9.17) is 4.74 Å². The minimum atomic E-state index is -0.717. The van der Waals surface area contributed by atoms with E-state index in [0.717, 1.165) is 24.1 Å². The summed E-state index contributed by atoms with van der Waals surface area (Å²) in [5.74, 6) is 0.628. The van der Waals surface area contributed by atoms with Crippen LogP contribution in [0.15, 0.2) is 24.3 Å². The van der Waals surface area contributed by atoms with Gasteiger partial charge in [0, 0.05) is 11.3 Å². The molecule has 2 amide bonds. The smallest absolute Gasteiger partial charge is 0.272 e. The molecule has 1 saturated heterocycles. The summed E-state index contributed by atoms with van der Waals surface area (Å²) in [7, 11) is 0. The van der Waals surface area contributed by atoms with Crippen molar-refractivity contribution in [3.8, 4) is 0 Å². The van der Waals surface area contributed by atoms with E-state index in [0.29, 0.717) is 17.5 Å². The molecule has 3 N–H and O–H groups in total. The van der Waals surface area contributed by atoms with Crippen molar-refractivity contribution in [3.63, 3.8) is 0 Å². The Bertz CT molecular complexity index is 796. The van der Waals surface area contributed by atoms with Gasteiger partial charge in [0.1, 0.15) is 6.04 Å². The van der Waals surface area contributed by atoms with Crippen molar-refractivity contribution in [1.29, 1.82) is 0 Å². The summed E-state index contributed by atoms with van der Waals surface area (Å²) in [5, 5.41) is 13.0. The Morgan fingerprint density at radius 3 is 3.12 bits per heavy atom. The topological polar surface area (TPSA) is 96.1 Å². The quantitative estimate of drug-likeness (QED) is 0.733. The molecule has 4 aliphatic rings. The van der Waals surface area contributed by atoms with Crippen molar-refractivity contribution in [2.75, 3.05) is 6.61 Å². The average molecular weight is 340 g/mol. The second-order valence-electron chi connectivity index (χ2n) is 7.23. The zero-order valence-electron chi connectivity index (χ0n) is 13.7. The lowest BCUT2D eigenvalue weighted by Crippen LogP contribution is -2.50. The van der Waals surface area contributed by atoms with Gasteiger partial charge in [0.2, 0.25) is 5.91 Å². The molecule has 0 bridgehead atoms. The number of aryl methyl sites for hydroxylation is 1. The van der Waals surface area contributed by atoms with Crippen molar-refractivity contribution in [3.05, 3.63) is 41.3 Å². The fourth-order valence-corrected chi connectivity index (χ4v) is 4.16. The highest BCUT2D eigenvalue weighted by molar-refractivity contribution is 5.98. The van der Waals surface area contributed by atoms with Crippen LogP contribution in [-0.2, 0) is 16.0 Å². The first kappa shape index (κ1) is 14.9. The Morgan fingerprint density at radius 2 is 2.20 bits per heavy atom. The Morgan fingerprint density at radius 1 is 1.32 bits per heavy atom. The largest absolute Gasteiger partial charge is 0.369 e. The maximum absolute atomic E-state index is 12.7. The Kier molecular flexibility index (Phi) is 3.31. The SMILES string of the molecule is O=C(N[C@H]1COC2C=CC=CC2NC1=O)c1n[nH]c2c1C1CC1CC2. The van der Waals surface area contributed by atoms with Crippen LogP contribution in [0.4, 0.5) is 0 Å². The zero-order chi connectivity index (χ0) is 17.0. The molecule has 2 heterocycles. The lowest BCUT2D eigenvalue weighted by Gasteiger charge is -2.21. The summed E-state index contributed by atoms with van der Waals surface area (Å²) in [6.45, 7) is 0.148. The number of aromatic amines is 1. The summed E-state index contributed by atoms with van der Waals surface area (Å²) in [6, 6.07) is -0.907. The Labute approximate surface area is 144 Å². The number of nitrogens with one attached hydrogen (secondary N) is 3. The molecule has 4 unspecified atom stereocenters. The van der Waals surface area contributed by atoms with E-state index in [1.165, 1.54) is 6.42 Å². The standard InChI is InChI=1S/C18H20N4O3/c23-17-13(8-25-14-4-2-1-3-11(14)19-17)20-18(24)16-15-10-7-9(10)5-6-12(15)21-22-16/h1-4,9-11,13-14H,5-8H2,(H,19,23)(H,20,24)(H,21,22)/t9?,10?,11?,13-,14?/m0/s1. The van der Waals surface area contributed by atoms with Gasteiger partial charge in [-0.2, -0.15) is 5.10 Å². The van der Waals surface area contributed by atoms with Gasteiger partial charge in [0.15, 0.2) is 5.69 Å². The van der Waals surface area contributed by atoms with E-state index in [-0.39, 0.29) is 30.6 Å². The number of hydrogen-bond donors (Lipinski definition) is 3. The molecule has 1 aliphatic heterocycles. The van der Waals surface area contributed by atoms with E-state index in [9.17, 15) is 9.59 Å². The second kappa shape index (κ2) is 5.56. The van der Waals surface area contributed by atoms with Gasteiger partial charge < -0.3 is 15.4 Å². The van der Waals surface area contributed by atoms with Crippen molar-refractivity contribution in [2.45, 2.75) is 43.4 Å². The lowest BCUT2D eigenvalue weighted by atomic mass is 9.95. The molecule has 1 saturated carbocycles. The molecule has 0 radical (unpaired) electrons. The lowest BCUT2D eigenvalue weighted by molar-refractivity contribution is -0.123. The van der Waals surface area contributed by atoms with Crippen LogP contribution in [-0.4, -0.2) is 46.8 Å². The minimum absolute atomic E-state index is 0.148. The van der Waals surface area contributed by atoms with Crippen LogP contribution < -0.4 is 10.6 Å². The Balaban J connectivity index is 1.33. The molecule has 3 aliphatic carbocycles. The summed E-state index contributed by atoms with van der Waals surface area (Å²) in [6.07, 6.45) is 10.6. The number of carbonyl (C=O) groups is 2. The zero-order valence-corrected chi connectivity index (χ0v) is 13.7. The third-order valence-electron chi connectivity index (χ3n) is 5.63. The molecule has 1 aromatic rings. The summed E-state index contributed by atoms with van der Waals surface area (Å²) < 4.78 is 5.79. The van der Waals surface area contributed by atoms with Gasteiger partial charge in [0.05, 0.1) is 18.8 Å². The van der Waals surface area contributed by atoms with Gasteiger partial charge in [-0.05, 0) is 31.1 Å². The van der Waals surface area contributed by atoms with E-state index < -0.39 is 6.04 Å². The van der Waals surface area contributed by atoms with Crippen molar-refractivity contribution < 1.29 is 14.3 Å². The summed E-state index contributed by atoms with van der Waals surface area (Å²) in [4.78, 5) is 25.2. The number of amides is 2. The summed E-state index contributed by atoms with van der Waals surface area (Å²) in [5.41, 5.74) is 2.58. The van der Waals surface area contributed by atoms with Gasteiger partial charge in [-0.15, -0.1) is 0 Å². The number of nitrogens with zero attached hydrogens (tertiary/aromatic N) is 1. The molecule has 5 rings (SSSR count). The highest BCUT2D eigenvalue weighted by atomic mass is 16.5. The first-order chi connectivity index (χ1) is 12.2. The maximum Gasteiger partial charge on any atom is 0.272 e. The third kappa shape index (κ3) is 2.50. The fraction of sp³-hybridized carbons (Fsp3) is 0.500. The van der Waals surface area contributed by atoms with Crippen LogP contribution in [0.25, 0.3) is 0 Å². The minimum Gasteiger partial charge on any atom is -0.369 e. The van der Waals surface area contributed by atoms with Gasteiger partial charge in [-0.1, -0.05) is 24.3 Å². The predicted octanol–water partition coefficient (Wildman–Crippen LogP) is 0.567. The first-order valence-electron chi connectivity index (χ1n) is 8.85. The highest BCUT2D eigenvalue weighted by Gasteiger charge is 2.46. The van der Waals surface area contributed by atoms with Gasteiger partial charge in [-0.3, -0.25) is 14.7 Å². The first-order valence-corrected chi connectivity index (χ1v) is 8.85. The molecule has 0 aromatic carbocycles. The third-order valence-corrected chi connectivity index (χ3v) is 5.63. The average Bonchev–Trinajstić information content (AvgIpc) is 3.32. The van der Waals surface area contributed by atoms with E-state index in [1.807, 2.05) is 24.3 Å². The van der Waals surface area contributed by atoms with E-state index >= 15 is 0 Å². The van der Waals surface area contributed by atoms with Gasteiger partial charge in [-0.25, -0.2) is 0 Å². The van der Waals surface area contributed by atoms with Gasteiger partial charge in [0.25, 0.3) is 5.91 Å². The van der Waals surface area contributed by atoms with Crippen LogP contribution in [0.2, 0.25) is 0 Å². The number of ether oxygens (including phenoxy) is 1. The monoisotopic (exact) mass is 340 g/mol. The molecule has 7 nitrogen and oxygen atoms in total. The number of fused-ring (bicyclic) bond motifs is 4. The molecule has 130 valence electrons. The van der Waals surface area contributed by atoms with E-state index in [2.05, 4.69) is 20.8 Å². The highest BCUT2D eigenvalue weighted by Crippen LogP contribution is 2.54. The van der Waals surface area contributed by atoms with E-state index in [1.54, 1.807) is 0 Å². The molecule has 25 heavy (non-hydrogen) atoms. The molecule has 5 atom stereocenters. The molecule has 2 fully saturated rings. The van der Waals surface area contributed by atoms with Crippen LogP contribution in [0.3, 0.4) is 0 Å². The van der Waals surface area contributed by atoms with Crippen molar-refractivity contribution in [1.82, 2.24) is 20.8 Å². The normalized spacial score (nSPS) is 35.0. The molecule has 1 aromatic heterocycles. The van der Waals surface area contributed by atoms with Crippen molar-refractivity contribution in [2.24, 2.45) is 5.92 Å². The fourth-order valence-electron chi connectivity index (χ4n) is 4.16. The Hall–Kier alpha value is -2.41. The molecule has 7 heteroatoms. The van der Waals surface area contributed by atoms with Crippen LogP contribution >= 0.6 is 0 Å². The molecular weight excluding hydrogens is 320 g/mol. The summed E-state index contributed by atoms with van der Waals surface area (Å²) >= 11 is 0. The van der Waals surface area contributed by atoms with Crippen LogP contribution in [0.5, 0.6) is 0 Å². The number of allylic oxidation sites excluding steroid dienone is 2. The number of carbonyl (C=O) groups excluding carboxylic acids is 2. The van der Waals surface area contributed by atoms with Crippen LogP contribution in [0, 0.1) is 5.92 Å². The molecular formula is C18H20N4O3. The number of H-pyrrole nitrogens is 1. The number of aromatic nitrogens is 2. The van der Waals surface area contributed by atoms with Crippen LogP contribution in [0.1, 0.15) is 40.5 Å². The van der Waals surface area contributed by atoms with Crippen molar-refractivity contribution >= 4 is 11.8 Å². The maximum atomic E-state index is 12.7. The predicted molar refractivity (Wildman–Crippen MR) is 89.0 cm³/mol. The number of rotatable bonds is 2. The second-order valence-corrected chi connectivity index (χ2v) is 7.23. The molecule has 0 spiro atoms. The number of hydrogen-bond acceptors (Lipinski definition) is 4.